The van der Waals surface area contributed by atoms with Crippen LogP contribution in [0.4, 0.5) is 18.9 Å². The summed E-state index contributed by atoms with van der Waals surface area (Å²) >= 11 is 6.54. The number of hydrogen-bond acceptors (Lipinski definition) is 7. The summed E-state index contributed by atoms with van der Waals surface area (Å²) in [6.07, 6.45) is -2.87. The fourth-order valence-electron chi connectivity index (χ4n) is 4.50. The van der Waals surface area contributed by atoms with Crippen molar-refractivity contribution in [2.75, 3.05) is 38.8 Å². The van der Waals surface area contributed by atoms with Crippen LogP contribution in [0.2, 0.25) is 5.02 Å². The molecule has 1 aromatic heterocycles. The van der Waals surface area contributed by atoms with E-state index in [0.717, 1.165) is 12.6 Å². The van der Waals surface area contributed by atoms with Crippen LogP contribution in [-0.2, 0) is 6.18 Å². The Morgan fingerprint density at radius 2 is 2.00 bits per heavy atom. The second-order valence-corrected chi connectivity index (χ2v) is 9.50. The maximum atomic E-state index is 13.8. The molecule has 0 spiro atoms. The Morgan fingerprint density at radius 3 is 2.65 bits per heavy atom. The molecule has 1 unspecified atom stereocenters. The van der Waals surface area contributed by atoms with E-state index in [1.165, 1.54) is 24.1 Å². The first-order chi connectivity index (χ1) is 19.0. The van der Waals surface area contributed by atoms with E-state index < -0.39 is 24.0 Å². The van der Waals surface area contributed by atoms with E-state index in [4.69, 9.17) is 21.1 Å². The molecule has 1 N–H and O–H groups in total. The lowest BCUT2D eigenvalue weighted by atomic mass is 9.98. The standard InChI is InChI=1S/C28H26ClF3N4O4/c1-35(22-6-3-4-7-23(22)39-2)27(38)19-13-18(20-16-34-25(28(30,31)32)12-17(20)15-33)21(29)14-24(19)40-11-10-36-9-5-8-26(36)37/h3-4,6-7,12-14,16,26,37H,5,8-11H2,1-2H3. The van der Waals surface area contributed by atoms with Crippen LogP contribution in [0.15, 0.2) is 48.7 Å². The van der Waals surface area contributed by atoms with E-state index in [2.05, 4.69) is 4.98 Å². The molecule has 1 saturated heterocycles. The number of ether oxygens (including phenoxy) is 2. The number of anilines is 1. The number of carbonyl (C=O) groups excluding carboxylic acids is 1. The monoisotopic (exact) mass is 574 g/mol. The number of aromatic nitrogens is 1. The summed E-state index contributed by atoms with van der Waals surface area (Å²) in [6, 6.07) is 12.0. The van der Waals surface area contributed by atoms with Crippen LogP contribution in [0.1, 0.15) is 34.5 Å². The van der Waals surface area contributed by atoms with Gasteiger partial charge in [-0.15, -0.1) is 0 Å². The Labute approximate surface area is 234 Å². The summed E-state index contributed by atoms with van der Waals surface area (Å²) in [5, 5.41) is 19.7. The largest absolute Gasteiger partial charge is 0.495 e. The van der Waals surface area contributed by atoms with Gasteiger partial charge in [0.1, 0.15) is 30.0 Å². The highest BCUT2D eigenvalue weighted by Crippen LogP contribution is 2.39. The Kier molecular flexibility index (Phi) is 8.83. The molecule has 1 aliphatic heterocycles. The molecule has 8 nitrogen and oxygen atoms in total. The van der Waals surface area contributed by atoms with Gasteiger partial charge in [-0.25, -0.2) is 0 Å². The molecule has 12 heteroatoms. The van der Waals surface area contributed by atoms with Crippen LogP contribution in [0.25, 0.3) is 11.1 Å². The number of rotatable bonds is 8. The van der Waals surface area contributed by atoms with Crippen molar-refractivity contribution in [2.45, 2.75) is 25.2 Å². The summed E-state index contributed by atoms with van der Waals surface area (Å²) in [4.78, 5) is 20.5. The van der Waals surface area contributed by atoms with Crippen LogP contribution in [0.5, 0.6) is 11.5 Å². The highest BCUT2D eigenvalue weighted by molar-refractivity contribution is 6.34. The average Bonchev–Trinajstić information content (AvgIpc) is 3.35. The van der Waals surface area contributed by atoms with Crippen molar-refractivity contribution in [3.05, 3.63) is 70.5 Å². The summed E-state index contributed by atoms with van der Waals surface area (Å²) < 4.78 is 51.0. The molecule has 1 aliphatic rings. The molecule has 2 heterocycles. The van der Waals surface area contributed by atoms with Gasteiger partial charge in [0, 0.05) is 43.5 Å². The summed E-state index contributed by atoms with van der Waals surface area (Å²) in [6.45, 7) is 1.25. The number of likely N-dealkylation sites (tertiary alicyclic amines) is 1. The second kappa shape index (κ2) is 12.1. The summed E-state index contributed by atoms with van der Waals surface area (Å²) in [7, 11) is 3.01. The number of benzene rings is 2. The van der Waals surface area contributed by atoms with E-state index in [-0.39, 0.29) is 39.6 Å². The number of amides is 1. The number of nitrogens with zero attached hydrogens (tertiary/aromatic N) is 4. The molecule has 0 aliphatic carbocycles. The van der Waals surface area contributed by atoms with E-state index in [1.807, 2.05) is 4.90 Å². The van der Waals surface area contributed by atoms with E-state index >= 15 is 0 Å². The van der Waals surface area contributed by atoms with E-state index in [9.17, 15) is 28.3 Å². The van der Waals surface area contributed by atoms with Gasteiger partial charge in [-0.1, -0.05) is 23.7 Å². The maximum absolute atomic E-state index is 13.8. The lowest BCUT2D eigenvalue weighted by molar-refractivity contribution is -0.141. The molecule has 4 rings (SSSR count). The molecular weight excluding hydrogens is 549 g/mol. The minimum absolute atomic E-state index is 0.0289. The van der Waals surface area contributed by atoms with Crippen molar-refractivity contribution in [1.29, 1.82) is 5.26 Å². The molecule has 0 saturated carbocycles. The van der Waals surface area contributed by atoms with Gasteiger partial charge in [0.25, 0.3) is 5.91 Å². The SMILES string of the molecule is COc1ccccc1N(C)C(=O)c1cc(-c2cnc(C(F)(F)F)cc2C#N)c(Cl)cc1OCCN1CCCC1O. The molecule has 1 amide bonds. The van der Waals surface area contributed by atoms with Crippen molar-refractivity contribution in [3.63, 3.8) is 0 Å². The molecular formula is C28H26ClF3N4O4. The zero-order valence-corrected chi connectivity index (χ0v) is 22.5. The van der Waals surface area contributed by atoms with E-state index in [1.54, 1.807) is 37.4 Å². The minimum Gasteiger partial charge on any atom is -0.495 e. The number of nitriles is 1. The van der Waals surface area contributed by atoms with Gasteiger partial charge in [-0.3, -0.25) is 14.7 Å². The first-order valence-electron chi connectivity index (χ1n) is 12.3. The fourth-order valence-corrected chi connectivity index (χ4v) is 4.76. The van der Waals surface area contributed by atoms with Gasteiger partial charge in [0.2, 0.25) is 0 Å². The highest BCUT2D eigenvalue weighted by Gasteiger charge is 2.33. The molecule has 210 valence electrons. The Bertz CT molecular complexity index is 1440. The molecule has 2 aromatic carbocycles. The minimum atomic E-state index is -4.74. The van der Waals surface area contributed by atoms with Crippen molar-refractivity contribution >= 4 is 23.2 Å². The number of para-hydroxylation sites is 2. The third-order valence-corrected chi connectivity index (χ3v) is 6.93. The number of aliphatic hydroxyl groups is 1. The van der Waals surface area contributed by atoms with Crippen LogP contribution in [-0.4, -0.2) is 61.0 Å². The van der Waals surface area contributed by atoms with Gasteiger partial charge in [0.15, 0.2) is 0 Å². The number of methoxy groups -OCH3 is 1. The normalized spacial score (nSPS) is 15.5. The first-order valence-corrected chi connectivity index (χ1v) is 12.7. The van der Waals surface area contributed by atoms with Crippen LogP contribution in [0, 0.1) is 11.3 Å². The fraction of sp³-hybridized carbons (Fsp3) is 0.321. The number of hydrogen-bond donors (Lipinski definition) is 1. The molecule has 0 bridgehead atoms. The second-order valence-electron chi connectivity index (χ2n) is 9.10. The lowest BCUT2D eigenvalue weighted by Crippen LogP contribution is -2.33. The summed E-state index contributed by atoms with van der Waals surface area (Å²) in [5.41, 5.74) is -0.845. The average molecular weight is 575 g/mol. The van der Waals surface area contributed by atoms with Gasteiger partial charge < -0.3 is 19.5 Å². The van der Waals surface area contributed by atoms with Crippen LogP contribution < -0.4 is 14.4 Å². The third-order valence-electron chi connectivity index (χ3n) is 6.62. The van der Waals surface area contributed by atoms with Gasteiger partial charge in [-0.05, 0) is 37.1 Å². The smallest absolute Gasteiger partial charge is 0.433 e. The molecule has 1 atom stereocenters. The van der Waals surface area contributed by atoms with Crippen molar-refractivity contribution in [1.82, 2.24) is 9.88 Å². The predicted octanol–water partition coefficient (Wildman–Crippen LogP) is 5.37. The number of pyridine rings is 1. The number of halogens is 4. The first kappa shape index (κ1) is 29.1. The predicted molar refractivity (Wildman–Crippen MR) is 142 cm³/mol. The van der Waals surface area contributed by atoms with Crippen molar-refractivity contribution < 1.29 is 32.5 Å². The van der Waals surface area contributed by atoms with Crippen molar-refractivity contribution in [3.8, 4) is 28.7 Å². The number of carbonyl (C=O) groups is 1. The third kappa shape index (κ3) is 6.14. The Hall–Kier alpha value is -3.85. The molecule has 3 aromatic rings. The Balaban J connectivity index is 1.76. The van der Waals surface area contributed by atoms with E-state index in [0.29, 0.717) is 37.0 Å². The molecule has 0 radical (unpaired) electrons. The van der Waals surface area contributed by atoms with Gasteiger partial charge in [-0.2, -0.15) is 18.4 Å². The van der Waals surface area contributed by atoms with Gasteiger partial charge in [0.05, 0.1) is 35.0 Å². The lowest BCUT2D eigenvalue weighted by Gasteiger charge is -2.23. The number of alkyl halides is 3. The highest BCUT2D eigenvalue weighted by atomic mass is 35.5. The zero-order chi connectivity index (χ0) is 29.0. The van der Waals surface area contributed by atoms with Crippen LogP contribution >= 0.6 is 11.6 Å². The molecule has 1 fully saturated rings. The summed E-state index contributed by atoms with van der Waals surface area (Å²) in [5.74, 6) is 0.0568. The van der Waals surface area contributed by atoms with Gasteiger partial charge >= 0.3 is 6.18 Å². The maximum Gasteiger partial charge on any atom is 0.433 e. The van der Waals surface area contributed by atoms with Crippen molar-refractivity contribution in [2.24, 2.45) is 0 Å². The quantitative estimate of drug-likeness (QED) is 0.386. The topological polar surface area (TPSA) is 98.9 Å². The Morgan fingerprint density at radius 1 is 1.25 bits per heavy atom. The van der Waals surface area contributed by atoms with Crippen LogP contribution in [0.3, 0.4) is 0 Å². The molecule has 40 heavy (non-hydrogen) atoms. The number of aliphatic hydroxyl groups excluding tert-OH is 1. The zero-order valence-electron chi connectivity index (χ0n) is 21.7.